The van der Waals surface area contributed by atoms with Crippen LogP contribution in [0.1, 0.15) is 31.2 Å². The Bertz CT molecular complexity index is 428. The van der Waals surface area contributed by atoms with Gasteiger partial charge in [0.05, 0.1) is 0 Å². The Morgan fingerprint density at radius 2 is 1.78 bits per heavy atom. The van der Waals surface area contributed by atoms with Gasteiger partial charge < -0.3 is 10.2 Å². The summed E-state index contributed by atoms with van der Waals surface area (Å²) < 4.78 is 0. The number of nitrogens with one attached hydrogen (secondary N) is 1. The molecule has 0 heterocycles. The van der Waals surface area contributed by atoms with Gasteiger partial charge in [-0.05, 0) is 17.7 Å². The third kappa shape index (κ3) is 3.87. The van der Waals surface area contributed by atoms with Crippen molar-refractivity contribution < 1.29 is 11.0 Å². The number of hydrogen-bond acceptors (Lipinski definition) is 2. The summed E-state index contributed by atoms with van der Waals surface area (Å²) in [6.45, 7) is 4.20. The highest BCUT2D eigenvalue weighted by molar-refractivity contribution is 5.93. The fourth-order valence-electron chi connectivity index (χ4n) is 1.42. The van der Waals surface area contributed by atoms with Crippen LogP contribution in [0.25, 0.3) is 0 Å². The molecule has 1 aromatic rings. The van der Waals surface area contributed by atoms with Gasteiger partial charge >= 0.3 is 0 Å². The molecule has 0 bridgehead atoms. The van der Waals surface area contributed by atoms with Crippen LogP contribution in [0, 0.1) is 5.92 Å². The van der Waals surface area contributed by atoms with Crippen LogP contribution < -0.4 is 5.32 Å². The van der Waals surface area contributed by atoms with Crippen LogP contribution in [0.5, 0.6) is 0 Å². The van der Waals surface area contributed by atoms with Gasteiger partial charge in [-0.1, -0.05) is 26.0 Å². The lowest BCUT2D eigenvalue weighted by Crippen LogP contribution is -2.27. The van der Waals surface area contributed by atoms with Crippen molar-refractivity contribution in [2.24, 2.45) is 5.92 Å². The molecule has 100 valence electrons. The summed E-state index contributed by atoms with van der Waals surface area (Å²) in [6, 6.07) is 7.27. The lowest BCUT2D eigenvalue weighted by molar-refractivity contribution is -0.124. The monoisotopic (exact) mass is 250 g/mol. The first kappa shape index (κ1) is 14.2. The molecule has 1 rings (SSSR count). The molecule has 0 aliphatic heterocycles. The molecule has 4 nitrogen and oxygen atoms in total. The minimum atomic E-state index is -0.0206. The first-order chi connectivity index (χ1) is 8.41. The minimum Gasteiger partial charge on any atom is -0.352 e. The van der Waals surface area contributed by atoms with E-state index in [-0.39, 0.29) is 19.2 Å². The minimum absolute atomic E-state index is 0. The number of carbonyl (C=O) groups is 2. The maximum absolute atomic E-state index is 11.7. The Hall–Kier alpha value is -1.84. The Balaban J connectivity index is 0.00000324. The Morgan fingerprint density at radius 3 is 2.22 bits per heavy atom. The van der Waals surface area contributed by atoms with E-state index in [1.54, 1.807) is 26.2 Å². The number of amides is 2. The molecule has 0 fully saturated rings. The molecule has 0 saturated heterocycles. The maximum atomic E-state index is 11.7. The van der Waals surface area contributed by atoms with E-state index in [4.69, 9.17) is 0 Å². The normalized spacial score (nSPS) is 10.3. The predicted molar refractivity (Wildman–Crippen MR) is 73.3 cm³/mol. The number of benzene rings is 1. The van der Waals surface area contributed by atoms with E-state index in [9.17, 15) is 9.59 Å². The summed E-state index contributed by atoms with van der Waals surface area (Å²) in [5, 5.41) is 2.84. The van der Waals surface area contributed by atoms with Gasteiger partial charge in [-0.3, -0.25) is 9.59 Å². The van der Waals surface area contributed by atoms with Gasteiger partial charge in [0, 0.05) is 33.5 Å². The lowest BCUT2D eigenvalue weighted by Gasteiger charge is -2.11. The SMILES string of the molecule is CC(C)C(=O)NCc1ccc(C(=O)N(C)C)cc1.[HH]. The van der Waals surface area contributed by atoms with Crippen molar-refractivity contribution in [1.82, 2.24) is 10.2 Å². The summed E-state index contributed by atoms with van der Waals surface area (Å²) in [5.41, 5.74) is 1.64. The Kier molecular flexibility index (Phi) is 4.89. The fraction of sp³-hybridized carbons (Fsp3) is 0.429. The molecule has 0 spiro atoms. The van der Waals surface area contributed by atoms with Crippen molar-refractivity contribution in [1.29, 1.82) is 0 Å². The summed E-state index contributed by atoms with van der Waals surface area (Å²) in [5.74, 6) is -0.00389. The first-order valence-corrected chi connectivity index (χ1v) is 6.00. The van der Waals surface area contributed by atoms with Crippen LogP contribution in [-0.4, -0.2) is 30.8 Å². The Morgan fingerprint density at radius 1 is 1.22 bits per heavy atom. The summed E-state index contributed by atoms with van der Waals surface area (Å²) in [6.07, 6.45) is 0. The van der Waals surface area contributed by atoms with Crippen molar-refractivity contribution >= 4 is 11.8 Å². The molecular weight excluding hydrogens is 228 g/mol. The van der Waals surface area contributed by atoms with Crippen molar-refractivity contribution in [3.8, 4) is 0 Å². The van der Waals surface area contributed by atoms with Crippen molar-refractivity contribution in [3.63, 3.8) is 0 Å². The topological polar surface area (TPSA) is 49.4 Å². The third-order valence-corrected chi connectivity index (χ3v) is 2.60. The largest absolute Gasteiger partial charge is 0.352 e. The molecular formula is C14H22N2O2. The van der Waals surface area contributed by atoms with Gasteiger partial charge in [0.15, 0.2) is 0 Å². The second kappa shape index (κ2) is 6.19. The van der Waals surface area contributed by atoms with E-state index in [1.807, 2.05) is 26.0 Å². The zero-order valence-electron chi connectivity index (χ0n) is 11.4. The standard InChI is InChI=1S/C14H20N2O2.H2/c1-10(2)13(17)15-9-11-5-7-12(8-6-11)14(18)16(3)4;/h5-8,10H,9H2,1-4H3,(H,15,17);1H. The number of rotatable bonds is 4. The molecule has 1 aromatic carbocycles. The highest BCUT2D eigenvalue weighted by atomic mass is 16.2. The molecule has 2 amide bonds. The number of carbonyl (C=O) groups excluding carboxylic acids is 2. The second-order valence-electron chi connectivity index (χ2n) is 4.77. The molecule has 18 heavy (non-hydrogen) atoms. The average Bonchev–Trinajstić information content (AvgIpc) is 2.35. The van der Waals surface area contributed by atoms with Gasteiger partial charge in [0.25, 0.3) is 5.91 Å². The smallest absolute Gasteiger partial charge is 0.253 e. The van der Waals surface area contributed by atoms with Crippen LogP contribution in [-0.2, 0) is 11.3 Å². The van der Waals surface area contributed by atoms with Crippen LogP contribution >= 0.6 is 0 Å². The average molecular weight is 250 g/mol. The summed E-state index contributed by atoms with van der Waals surface area (Å²) in [4.78, 5) is 24.6. The summed E-state index contributed by atoms with van der Waals surface area (Å²) in [7, 11) is 3.44. The summed E-state index contributed by atoms with van der Waals surface area (Å²) >= 11 is 0. The molecule has 0 aromatic heterocycles. The van der Waals surface area contributed by atoms with Gasteiger partial charge in [0.1, 0.15) is 0 Å². The van der Waals surface area contributed by atoms with E-state index in [0.717, 1.165) is 5.56 Å². The molecule has 0 aliphatic rings. The molecule has 0 radical (unpaired) electrons. The van der Waals surface area contributed by atoms with Gasteiger partial charge in [0.2, 0.25) is 5.91 Å². The highest BCUT2D eigenvalue weighted by Crippen LogP contribution is 2.06. The first-order valence-electron chi connectivity index (χ1n) is 6.00. The zero-order chi connectivity index (χ0) is 13.7. The van der Waals surface area contributed by atoms with E-state index >= 15 is 0 Å². The lowest BCUT2D eigenvalue weighted by atomic mass is 10.1. The van der Waals surface area contributed by atoms with E-state index in [0.29, 0.717) is 12.1 Å². The number of hydrogen-bond donors (Lipinski definition) is 1. The molecule has 0 aliphatic carbocycles. The third-order valence-electron chi connectivity index (χ3n) is 2.60. The Labute approximate surface area is 109 Å². The van der Waals surface area contributed by atoms with Crippen LogP contribution in [0.4, 0.5) is 0 Å². The van der Waals surface area contributed by atoms with Gasteiger partial charge in [-0.2, -0.15) is 0 Å². The maximum Gasteiger partial charge on any atom is 0.253 e. The molecule has 0 atom stereocenters. The quantitative estimate of drug-likeness (QED) is 0.887. The zero-order valence-corrected chi connectivity index (χ0v) is 11.4. The molecule has 1 N–H and O–H groups in total. The number of nitrogens with zero attached hydrogens (tertiary/aromatic N) is 1. The van der Waals surface area contributed by atoms with Crippen LogP contribution in [0.2, 0.25) is 0 Å². The van der Waals surface area contributed by atoms with E-state index in [2.05, 4.69) is 5.32 Å². The van der Waals surface area contributed by atoms with Crippen molar-refractivity contribution in [2.45, 2.75) is 20.4 Å². The van der Waals surface area contributed by atoms with Crippen molar-refractivity contribution in [3.05, 3.63) is 35.4 Å². The highest BCUT2D eigenvalue weighted by Gasteiger charge is 2.08. The molecule has 4 heteroatoms. The molecule has 0 saturated carbocycles. The van der Waals surface area contributed by atoms with E-state index < -0.39 is 0 Å². The fourth-order valence-corrected chi connectivity index (χ4v) is 1.42. The van der Waals surface area contributed by atoms with Crippen LogP contribution in [0.3, 0.4) is 0 Å². The van der Waals surface area contributed by atoms with Crippen LogP contribution in [0.15, 0.2) is 24.3 Å². The van der Waals surface area contributed by atoms with Gasteiger partial charge in [-0.25, -0.2) is 0 Å². The van der Waals surface area contributed by atoms with Crippen molar-refractivity contribution in [2.75, 3.05) is 14.1 Å². The second-order valence-corrected chi connectivity index (χ2v) is 4.77. The van der Waals surface area contributed by atoms with Gasteiger partial charge in [-0.15, -0.1) is 0 Å². The van der Waals surface area contributed by atoms with E-state index in [1.165, 1.54) is 4.90 Å². The predicted octanol–water partition coefficient (Wildman–Crippen LogP) is 1.91. The molecule has 0 unspecified atom stereocenters.